The van der Waals surface area contributed by atoms with E-state index < -0.39 is 6.10 Å². The van der Waals surface area contributed by atoms with Gasteiger partial charge in [-0.3, -0.25) is 4.79 Å². The van der Waals surface area contributed by atoms with Gasteiger partial charge in [0, 0.05) is 16.6 Å². The van der Waals surface area contributed by atoms with Crippen molar-refractivity contribution < 1.29 is 9.53 Å². The number of carbonyl (C=O) groups is 1. The molecule has 122 valence electrons. The van der Waals surface area contributed by atoms with Gasteiger partial charge in [0.25, 0.3) is 5.91 Å². The highest BCUT2D eigenvalue weighted by Crippen LogP contribution is 2.22. The molecule has 0 fully saturated rings. The van der Waals surface area contributed by atoms with Crippen molar-refractivity contribution in [1.82, 2.24) is 5.32 Å². The molecule has 23 heavy (non-hydrogen) atoms. The first kappa shape index (κ1) is 17.6. The van der Waals surface area contributed by atoms with E-state index in [1.807, 2.05) is 32.0 Å². The standard InChI is InChI=1S/C18H19Cl2NO2/c1-11-4-7-17(12(2)8-11)23-13(3)18(22)21-10-14-5-6-15(19)9-16(14)20/h4-9,13H,10H2,1-3H3,(H,21,22)/t13-/m1/s1. The summed E-state index contributed by atoms with van der Waals surface area (Å²) in [5, 5.41) is 3.91. The third-order valence-corrected chi connectivity index (χ3v) is 4.06. The molecule has 2 rings (SSSR count). The summed E-state index contributed by atoms with van der Waals surface area (Å²) in [5.41, 5.74) is 2.97. The minimum Gasteiger partial charge on any atom is -0.481 e. The number of carbonyl (C=O) groups excluding carboxylic acids is 1. The second-order valence-electron chi connectivity index (χ2n) is 5.48. The Morgan fingerprint density at radius 2 is 1.91 bits per heavy atom. The Labute approximate surface area is 146 Å². The fourth-order valence-electron chi connectivity index (χ4n) is 2.17. The minimum atomic E-state index is -0.595. The molecule has 0 aliphatic rings. The second-order valence-corrected chi connectivity index (χ2v) is 6.33. The van der Waals surface area contributed by atoms with E-state index >= 15 is 0 Å². The number of benzene rings is 2. The van der Waals surface area contributed by atoms with Crippen molar-refractivity contribution >= 4 is 29.1 Å². The molecule has 3 nitrogen and oxygen atoms in total. The van der Waals surface area contributed by atoms with Crippen LogP contribution in [0, 0.1) is 13.8 Å². The van der Waals surface area contributed by atoms with Gasteiger partial charge in [-0.2, -0.15) is 0 Å². The lowest BCUT2D eigenvalue weighted by molar-refractivity contribution is -0.127. The molecule has 0 heterocycles. The summed E-state index contributed by atoms with van der Waals surface area (Å²) in [4.78, 5) is 12.2. The summed E-state index contributed by atoms with van der Waals surface area (Å²) in [5.74, 6) is 0.513. The second kappa shape index (κ2) is 7.71. The van der Waals surface area contributed by atoms with Crippen molar-refractivity contribution in [3.63, 3.8) is 0 Å². The Hall–Kier alpha value is -1.71. The van der Waals surface area contributed by atoms with E-state index in [-0.39, 0.29) is 5.91 Å². The molecule has 0 aliphatic heterocycles. The van der Waals surface area contributed by atoms with Crippen LogP contribution in [-0.2, 0) is 11.3 Å². The number of hydrogen-bond donors (Lipinski definition) is 1. The van der Waals surface area contributed by atoms with Gasteiger partial charge in [-0.25, -0.2) is 0 Å². The first-order valence-corrected chi connectivity index (χ1v) is 8.08. The van der Waals surface area contributed by atoms with Crippen LogP contribution in [0.5, 0.6) is 5.75 Å². The fraction of sp³-hybridized carbons (Fsp3) is 0.278. The van der Waals surface area contributed by atoms with E-state index in [4.69, 9.17) is 27.9 Å². The first-order chi connectivity index (χ1) is 10.9. The molecule has 0 bridgehead atoms. The van der Waals surface area contributed by atoms with E-state index in [2.05, 4.69) is 5.32 Å². The van der Waals surface area contributed by atoms with Crippen LogP contribution < -0.4 is 10.1 Å². The molecule has 0 saturated carbocycles. The average molecular weight is 352 g/mol. The maximum absolute atomic E-state index is 12.2. The van der Waals surface area contributed by atoms with Crippen LogP contribution in [0.1, 0.15) is 23.6 Å². The summed E-state index contributed by atoms with van der Waals surface area (Å²) < 4.78 is 5.73. The van der Waals surface area contributed by atoms with Crippen molar-refractivity contribution in [2.75, 3.05) is 0 Å². The van der Waals surface area contributed by atoms with Gasteiger partial charge in [0.15, 0.2) is 6.10 Å². The first-order valence-electron chi connectivity index (χ1n) is 7.32. The molecular weight excluding hydrogens is 333 g/mol. The highest BCUT2D eigenvalue weighted by Gasteiger charge is 2.15. The van der Waals surface area contributed by atoms with E-state index in [9.17, 15) is 4.79 Å². The molecule has 1 N–H and O–H groups in total. The van der Waals surface area contributed by atoms with Gasteiger partial charge < -0.3 is 10.1 Å². The molecule has 2 aromatic rings. The molecule has 2 aromatic carbocycles. The topological polar surface area (TPSA) is 38.3 Å². The van der Waals surface area contributed by atoms with Crippen LogP contribution in [0.2, 0.25) is 10.0 Å². The minimum absolute atomic E-state index is 0.198. The number of hydrogen-bond acceptors (Lipinski definition) is 2. The summed E-state index contributed by atoms with van der Waals surface area (Å²) in [7, 11) is 0. The zero-order valence-electron chi connectivity index (χ0n) is 13.3. The molecule has 1 amide bonds. The lowest BCUT2D eigenvalue weighted by atomic mass is 10.1. The van der Waals surface area contributed by atoms with Crippen LogP contribution in [0.15, 0.2) is 36.4 Å². The van der Waals surface area contributed by atoms with Crippen molar-refractivity contribution in [3.8, 4) is 5.75 Å². The normalized spacial score (nSPS) is 11.9. The van der Waals surface area contributed by atoms with Gasteiger partial charge in [-0.05, 0) is 50.1 Å². The summed E-state index contributed by atoms with van der Waals surface area (Å²) in [6.45, 7) is 6.02. The van der Waals surface area contributed by atoms with Crippen LogP contribution >= 0.6 is 23.2 Å². The Balaban J connectivity index is 1.94. The predicted molar refractivity (Wildman–Crippen MR) is 94.3 cm³/mol. The maximum atomic E-state index is 12.2. The van der Waals surface area contributed by atoms with Gasteiger partial charge in [-0.15, -0.1) is 0 Å². The Morgan fingerprint density at radius 3 is 2.57 bits per heavy atom. The van der Waals surface area contributed by atoms with Gasteiger partial charge >= 0.3 is 0 Å². The largest absolute Gasteiger partial charge is 0.481 e. The Morgan fingerprint density at radius 1 is 1.17 bits per heavy atom. The zero-order valence-corrected chi connectivity index (χ0v) is 14.8. The summed E-state index contributed by atoms with van der Waals surface area (Å²) >= 11 is 11.9. The predicted octanol–water partition coefficient (Wildman–Crippen LogP) is 4.69. The van der Waals surface area contributed by atoms with Crippen molar-refractivity contribution in [3.05, 3.63) is 63.1 Å². The van der Waals surface area contributed by atoms with Gasteiger partial charge in [0.05, 0.1) is 0 Å². The molecule has 1 atom stereocenters. The maximum Gasteiger partial charge on any atom is 0.261 e. The Kier molecular flexibility index (Phi) is 5.91. The number of ether oxygens (including phenoxy) is 1. The smallest absolute Gasteiger partial charge is 0.261 e. The van der Waals surface area contributed by atoms with Crippen LogP contribution in [0.3, 0.4) is 0 Å². The van der Waals surface area contributed by atoms with Gasteiger partial charge in [0.2, 0.25) is 0 Å². The number of aryl methyl sites for hydroxylation is 2. The summed E-state index contributed by atoms with van der Waals surface area (Å²) in [6, 6.07) is 11.0. The number of halogens is 2. The lowest BCUT2D eigenvalue weighted by Crippen LogP contribution is -2.36. The van der Waals surface area contributed by atoms with Crippen molar-refractivity contribution in [1.29, 1.82) is 0 Å². The molecule has 0 saturated heterocycles. The highest BCUT2D eigenvalue weighted by atomic mass is 35.5. The fourth-order valence-corrected chi connectivity index (χ4v) is 2.64. The van der Waals surface area contributed by atoms with E-state index in [1.165, 1.54) is 0 Å². The zero-order chi connectivity index (χ0) is 17.0. The third-order valence-electron chi connectivity index (χ3n) is 3.47. The van der Waals surface area contributed by atoms with E-state index in [0.717, 1.165) is 16.7 Å². The van der Waals surface area contributed by atoms with Gasteiger partial charge in [-0.1, -0.05) is 47.0 Å². The molecule has 0 unspecified atom stereocenters. The van der Waals surface area contributed by atoms with E-state index in [0.29, 0.717) is 22.3 Å². The van der Waals surface area contributed by atoms with Crippen LogP contribution in [-0.4, -0.2) is 12.0 Å². The SMILES string of the molecule is Cc1ccc(O[C@H](C)C(=O)NCc2ccc(Cl)cc2Cl)c(C)c1. The molecule has 0 aromatic heterocycles. The quantitative estimate of drug-likeness (QED) is 0.848. The Bertz CT molecular complexity index is 716. The van der Waals surface area contributed by atoms with Crippen LogP contribution in [0.4, 0.5) is 0 Å². The highest BCUT2D eigenvalue weighted by molar-refractivity contribution is 6.35. The average Bonchev–Trinajstić information content (AvgIpc) is 2.48. The molecule has 0 aliphatic carbocycles. The number of rotatable bonds is 5. The third kappa shape index (κ3) is 4.88. The molecule has 5 heteroatoms. The monoisotopic (exact) mass is 351 g/mol. The molecular formula is C18H19Cl2NO2. The number of nitrogens with one attached hydrogen (secondary N) is 1. The number of amides is 1. The van der Waals surface area contributed by atoms with Crippen LogP contribution in [0.25, 0.3) is 0 Å². The molecule has 0 spiro atoms. The molecule has 0 radical (unpaired) electrons. The lowest BCUT2D eigenvalue weighted by Gasteiger charge is -2.17. The van der Waals surface area contributed by atoms with Crippen molar-refractivity contribution in [2.45, 2.75) is 33.4 Å². The van der Waals surface area contributed by atoms with E-state index in [1.54, 1.807) is 25.1 Å². The van der Waals surface area contributed by atoms with Gasteiger partial charge in [0.1, 0.15) is 5.75 Å². The summed E-state index contributed by atoms with van der Waals surface area (Å²) in [6.07, 6.45) is -0.595. The van der Waals surface area contributed by atoms with Crippen molar-refractivity contribution in [2.24, 2.45) is 0 Å².